The summed E-state index contributed by atoms with van der Waals surface area (Å²) in [4.78, 5) is 24.7. The fourth-order valence-corrected chi connectivity index (χ4v) is 3.29. The molecule has 152 valence electrons. The molecule has 1 aliphatic heterocycles. The molecule has 0 saturated carbocycles. The summed E-state index contributed by atoms with van der Waals surface area (Å²) in [6.45, 7) is 0. The van der Waals surface area contributed by atoms with E-state index in [1.807, 2.05) is 0 Å². The van der Waals surface area contributed by atoms with Gasteiger partial charge in [-0.05, 0) is 42.0 Å². The zero-order valence-corrected chi connectivity index (χ0v) is 16.8. The SMILES string of the molecule is COc1cc2c(cc1OC)/C(=C/c1ccc(OC(=O)c3cccn3C)cc1)C(=O)N2. The van der Waals surface area contributed by atoms with Gasteiger partial charge >= 0.3 is 5.97 Å². The Kier molecular flexibility index (Phi) is 5.02. The number of rotatable bonds is 5. The number of hydrogen-bond acceptors (Lipinski definition) is 5. The summed E-state index contributed by atoms with van der Waals surface area (Å²) in [6, 6.07) is 13.9. The van der Waals surface area contributed by atoms with Crippen LogP contribution in [0.1, 0.15) is 21.6 Å². The highest BCUT2D eigenvalue weighted by Crippen LogP contribution is 2.41. The maximum Gasteiger partial charge on any atom is 0.360 e. The van der Waals surface area contributed by atoms with Crippen LogP contribution in [-0.2, 0) is 11.8 Å². The molecular weight excluding hydrogens is 384 g/mol. The van der Waals surface area contributed by atoms with Gasteiger partial charge in [-0.1, -0.05) is 12.1 Å². The van der Waals surface area contributed by atoms with E-state index in [9.17, 15) is 9.59 Å². The zero-order chi connectivity index (χ0) is 21.3. The van der Waals surface area contributed by atoms with Gasteiger partial charge in [0.1, 0.15) is 11.4 Å². The number of nitrogens with zero attached hydrogens (tertiary/aromatic N) is 1. The highest BCUT2D eigenvalue weighted by atomic mass is 16.5. The standard InChI is InChI=1S/C23H20N2O5/c1-25-10-4-5-19(25)23(27)30-15-8-6-14(7-9-15)11-17-16-12-20(28-2)21(29-3)13-18(16)24-22(17)26/h4-13H,1-3H3,(H,24,26)/b17-11-. The number of benzene rings is 2. The van der Waals surface area contributed by atoms with Crippen molar-refractivity contribution in [3.63, 3.8) is 0 Å². The average Bonchev–Trinajstić information content (AvgIpc) is 3.31. The summed E-state index contributed by atoms with van der Waals surface area (Å²) >= 11 is 0. The second-order valence-corrected chi connectivity index (χ2v) is 6.73. The van der Waals surface area contributed by atoms with Crippen LogP contribution >= 0.6 is 0 Å². The van der Waals surface area contributed by atoms with E-state index in [1.165, 1.54) is 0 Å². The lowest BCUT2D eigenvalue weighted by atomic mass is 10.0. The number of carbonyl (C=O) groups excluding carboxylic acids is 2. The molecule has 0 radical (unpaired) electrons. The number of esters is 1. The number of methoxy groups -OCH3 is 2. The van der Waals surface area contributed by atoms with Crippen LogP contribution in [0, 0.1) is 0 Å². The van der Waals surface area contributed by atoms with Crippen molar-refractivity contribution in [3.8, 4) is 17.2 Å². The summed E-state index contributed by atoms with van der Waals surface area (Å²) in [5.74, 6) is 0.869. The third kappa shape index (κ3) is 3.53. The van der Waals surface area contributed by atoms with Gasteiger partial charge in [0.2, 0.25) is 0 Å². The predicted molar refractivity (Wildman–Crippen MR) is 113 cm³/mol. The zero-order valence-electron chi connectivity index (χ0n) is 16.8. The van der Waals surface area contributed by atoms with Crippen LogP contribution in [-0.4, -0.2) is 30.7 Å². The molecule has 7 nitrogen and oxygen atoms in total. The van der Waals surface area contributed by atoms with E-state index in [2.05, 4.69) is 5.32 Å². The lowest BCUT2D eigenvalue weighted by molar-refractivity contribution is -0.110. The summed E-state index contributed by atoms with van der Waals surface area (Å²) in [5, 5.41) is 2.84. The molecule has 1 aromatic heterocycles. The fraction of sp³-hybridized carbons (Fsp3) is 0.130. The first-order valence-electron chi connectivity index (χ1n) is 9.23. The van der Waals surface area contributed by atoms with E-state index < -0.39 is 5.97 Å². The molecule has 3 aromatic rings. The molecule has 7 heteroatoms. The number of aromatic nitrogens is 1. The van der Waals surface area contributed by atoms with Gasteiger partial charge in [-0.2, -0.15) is 0 Å². The smallest absolute Gasteiger partial charge is 0.360 e. The molecular formula is C23H20N2O5. The maximum atomic E-state index is 12.5. The molecule has 0 atom stereocenters. The molecule has 1 N–H and O–H groups in total. The maximum absolute atomic E-state index is 12.5. The van der Waals surface area contributed by atoms with Crippen molar-refractivity contribution in [1.29, 1.82) is 0 Å². The van der Waals surface area contributed by atoms with E-state index in [0.717, 1.165) is 11.1 Å². The fourth-order valence-electron chi connectivity index (χ4n) is 3.29. The van der Waals surface area contributed by atoms with Crippen molar-refractivity contribution in [3.05, 3.63) is 71.5 Å². The van der Waals surface area contributed by atoms with Gasteiger partial charge in [-0.3, -0.25) is 4.79 Å². The second kappa shape index (κ2) is 7.79. The van der Waals surface area contributed by atoms with Crippen LogP contribution in [0.2, 0.25) is 0 Å². The van der Waals surface area contributed by atoms with Crippen molar-refractivity contribution >= 4 is 29.2 Å². The molecule has 2 aromatic carbocycles. The molecule has 1 amide bonds. The number of anilines is 1. The predicted octanol–water partition coefficient (Wildman–Crippen LogP) is 3.75. The molecule has 2 heterocycles. The van der Waals surface area contributed by atoms with E-state index in [4.69, 9.17) is 14.2 Å². The van der Waals surface area contributed by atoms with Crippen molar-refractivity contribution in [1.82, 2.24) is 4.57 Å². The molecule has 30 heavy (non-hydrogen) atoms. The minimum atomic E-state index is -0.432. The van der Waals surface area contributed by atoms with E-state index in [1.54, 1.807) is 86.6 Å². The molecule has 4 rings (SSSR count). The number of nitrogens with one attached hydrogen (secondary N) is 1. The van der Waals surface area contributed by atoms with Crippen LogP contribution in [0.4, 0.5) is 5.69 Å². The topological polar surface area (TPSA) is 78.8 Å². The first kappa shape index (κ1) is 19.3. The highest BCUT2D eigenvalue weighted by Gasteiger charge is 2.26. The van der Waals surface area contributed by atoms with Crippen LogP contribution < -0.4 is 19.5 Å². The Morgan fingerprint density at radius 3 is 2.37 bits per heavy atom. The van der Waals surface area contributed by atoms with Crippen LogP contribution in [0.5, 0.6) is 17.2 Å². The number of aryl methyl sites for hydroxylation is 1. The second-order valence-electron chi connectivity index (χ2n) is 6.73. The first-order valence-corrected chi connectivity index (χ1v) is 9.23. The Morgan fingerprint density at radius 2 is 1.73 bits per heavy atom. The number of carbonyl (C=O) groups is 2. The first-order chi connectivity index (χ1) is 14.5. The van der Waals surface area contributed by atoms with Gasteiger partial charge in [-0.25, -0.2) is 4.79 Å². The summed E-state index contributed by atoms with van der Waals surface area (Å²) in [7, 11) is 4.87. The third-order valence-electron chi connectivity index (χ3n) is 4.86. The monoisotopic (exact) mass is 404 g/mol. The van der Waals surface area contributed by atoms with Crippen LogP contribution in [0.15, 0.2) is 54.7 Å². The Morgan fingerprint density at radius 1 is 1.03 bits per heavy atom. The number of hydrogen-bond donors (Lipinski definition) is 1. The van der Waals surface area contributed by atoms with Crippen LogP contribution in [0.3, 0.4) is 0 Å². The molecule has 0 spiro atoms. The highest BCUT2D eigenvalue weighted by molar-refractivity contribution is 6.35. The Hall–Kier alpha value is -4.00. The van der Waals surface area contributed by atoms with Gasteiger partial charge in [0.25, 0.3) is 5.91 Å². The quantitative estimate of drug-likeness (QED) is 0.398. The van der Waals surface area contributed by atoms with Gasteiger partial charge in [0.05, 0.1) is 19.9 Å². The summed E-state index contributed by atoms with van der Waals surface area (Å²) < 4.78 is 17.7. The van der Waals surface area contributed by atoms with Crippen molar-refractivity contribution in [2.75, 3.05) is 19.5 Å². The number of fused-ring (bicyclic) bond motifs is 1. The molecule has 0 saturated heterocycles. The van der Waals surface area contributed by atoms with Crippen molar-refractivity contribution in [2.45, 2.75) is 0 Å². The molecule has 1 aliphatic rings. The van der Waals surface area contributed by atoms with Crippen LogP contribution in [0.25, 0.3) is 11.6 Å². The molecule has 0 bridgehead atoms. The Labute approximate surface area is 173 Å². The van der Waals surface area contributed by atoms with E-state index in [-0.39, 0.29) is 5.91 Å². The molecule has 0 aliphatic carbocycles. The molecule has 0 fully saturated rings. The van der Waals surface area contributed by atoms with Gasteiger partial charge in [0.15, 0.2) is 11.5 Å². The lowest BCUT2D eigenvalue weighted by Gasteiger charge is -2.09. The lowest BCUT2D eigenvalue weighted by Crippen LogP contribution is -2.12. The van der Waals surface area contributed by atoms with Crippen molar-refractivity contribution < 1.29 is 23.8 Å². The number of amides is 1. The minimum Gasteiger partial charge on any atom is -0.493 e. The summed E-state index contributed by atoms with van der Waals surface area (Å²) in [5.41, 5.74) is 3.17. The van der Waals surface area contributed by atoms with E-state index in [0.29, 0.717) is 34.2 Å². The third-order valence-corrected chi connectivity index (χ3v) is 4.86. The summed E-state index contributed by atoms with van der Waals surface area (Å²) in [6.07, 6.45) is 3.55. The molecule has 0 unspecified atom stereocenters. The largest absolute Gasteiger partial charge is 0.493 e. The van der Waals surface area contributed by atoms with Gasteiger partial charge in [-0.15, -0.1) is 0 Å². The normalized spacial score (nSPS) is 13.7. The number of ether oxygens (including phenoxy) is 3. The Balaban J connectivity index is 1.58. The Bertz CT molecular complexity index is 1160. The average molecular weight is 404 g/mol. The van der Waals surface area contributed by atoms with Gasteiger partial charge in [0, 0.05) is 30.4 Å². The minimum absolute atomic E-state index is 0.209. The van der Waals surface area contributed by atoms with Gasteiger partial charge < -0.3 is 24.1 Å². The van der Waals surface area contributed by atoms with Crippen molar-refractivity contribution in [2.24, 2.45) is 7.05 Å². The van der Waals surface area contributed by atoms with E-state index >= 15 is 0 Å².